The van der Waals surface area contributed by atoms with Crippen LogP contribution in [0.1, 0.15) is 6.42 Å². The highest BCUT2D eigenvalue weighted by Gasteiger charge is 2.42. The van der Waals surface area contributed by atoms with Gasteiger partial charge in [0.05, 0.1) is 0 Å². The molecule has 0 saturated heterocycles. The van der Waals surface area contributed by atoms with Crippen LogP contribution in [0.25, 0.3) is 0 Å². The van der Waals surface area contributed by atoms with Crippen molar-refractivity contribution in [3.05, 3.63) is 0 Å². The molecule has 1 aliphatic carbocycles. The fourth-order valence-corrected chi connectivity index (χ4v) is 0.851. The van der Waals surface area contributed by atoms with Gasteiger partial charge in [-0.1, -0.05) is 0 Å². The lowest BCUT2D eigenvalue weighted by molar-refractivity contribution is 0.116. The normalized spacial score (nSPS) is 32.0. The van der Waals surface area contributed by atoms with E-state index in [0.29, 0.717) is 13.0 Å². The number of halogens is 3. The van der Waals surface area contributed by atoms with Gasteiger partial charge < -0.3 is 5.73 Å². The standard InChI is InChI=1S/C5H9F2N.ClH/c6-5(7)4-1-3(4)2-8;/h3-5H,1-2,8H2;1H/t3-,4+;/m0./s1. The minimum Gasteiger partial charge on any atom is -0.330 e. The summed E-state index contributed by atoms with van der Waals surface area (Å²) in [5, 5.41) is 0. The fraction of sp³-hybridized carbons (Fsp3) is 1.00. The van der Waals surface area contributed by atoms with Crippen molar-refractivity contribution in [2.45, 2.75) is 12.8 Å². The molecule has 1 fully saturated rings. The van der Waals surface area contributed by atoms with Gasteiger partial charge in [-0.3, -0.25) is 0 Å². The second-order valence-electron chi connectivity index (χ2n) is 2.23. The van der Waals surface area contributed by atoms with Crippen LogP contribution in [0, 0.1) is 11.8 Å². The van der Waals surface area contributed by atoms with Gasteiger partial charge in [0.25, 0.3) is 0 Å². The van der Waals surface area contributed by atoms with E-state index < -0.39 is 6.43 Å². The number of nitrogens with two attached hydrogens (primary N) is 1. The van der Waals surface area contributed by atoms with Gasteiger partial charge in [-0.25, -0.2) is 8.78 Å². The van der Waals surface area contributed by atoms with E-state index in [0.717, 1.165) is 0 Å². The molecule has 56 valence electrons. The summed E-state index contributed by atoms with van der Waals surface area (Å²) in [6, 6.07) is 0. The van der Waals surface area contributed by atoms with Gasteiger partial charge in [0.15, 0.2) is 0 Å². The fourth-order valence-electron chi connectivity index (χ4n) is 0.851. The highest BCUT2D eigenvalue weighted by molar-refractivity contribution is 5.85. The van der Waals surface area contributed by atoms with Gasteiger partial charge in [0.1, 0.15) is 0 Å². The first-order valence-electron chi connectivity index (χ1n) is 2.74. The summed E-state index contributed by atoms with van der Waals surface area (Å²) < 4.78 is 23.2. The maximum absolute atomic E-state index is 11.6. The highest BCUT2D eigenvalue weighted by atomic mass is 35.5. The Balaban J connectivity index is 0.000000640. The first-order chi connectivity index (χ1) is 3.75. The zero-order valence-electron chi connectivity index (χ0n) is 4.89. The second-order valence-corrected chi connectivity index (χ2v) is 2.23. The van der Waals surface area contributed by atoms with E-state index in [1.807, 2.05) is 0 Å². The Morgan fingerprint density at radius 2 is 2.11 bits per heavy atom. The second kappa shape index (κ2) is 3.32. The molecule has 0 spiro atoms. The molecule has 0 aromatic rings. The average molecular weight is 158 g/mol. The van der Waals surface area contributed by atoms with Gasteiger partial charge >= 0.3 is 0 Å². The van der Waals surface area contributed by atoms with Crippen molar-refractivity contribution >= 4 is 12.4 Å². The summed E-state index contributed by atoms with van der Waals surface area (Å²) in [5.74, 6) is -0.255. The van der Waals surface area contributed by atoms with E-state index in [1.165, 1.54) is 0 Å². The third-order valence-corrected chi connectivity index (χ3v) is 1.60. The molecule has 0 radical (unpaired) electrons. The monoisotopic (exact) mass is 157 g/mol. The van der Waals surface area contributed by atoms with Crippen molar-refractivity contribution in [2.24, 2.45) is 17.6 Å². The van der Waals surface area contributed by atoms with E-state index in [-0.39, 0.29) is 24.2 Å². The van der Waals surface area contributed by atoms with Crippen molar-refractivity contribution in [3.8, 4) is 0 Å². The van der Waals surface area contributed by atoms with E-state index in [9.17, 15) is 8.78 Å². The number of hydrogen-bond acceptors (Lipinski definition) is 1. The summed E-state index contributed by atoms with van der Waals surface area (Å²) in [6.07, 6.45) is -1.50. The van der Waals surface area contributed by atoms with Crippen molar-refractivity contribution < 1.29 is 8.78 Å². The molecule has 4 heteroatoms. The Bertz CT molecular complexity index is 89.0. The molecule has 0 unspecified atom stereocenters. The molecule has 1 saturated carbocycles. The Kier molecular flexibility index (Phi) is 3.36. The average Bonchev–Trinajstić information content (AvgIpc) is 2.42. The van der Waals surface area contributed by atoms with Crippen LogP contribution in [0.15, 0.2) is 0 Å². The van der Waals surface area contributed by atoms with Gasteiger partial charge in [-0.05, 0) is 18.9 Å². The first-order valence-corrected chi connectivity index (χ1v) is 2.74. The predicted octanol–water partition coefficient (Wildman–Crippen LogP) is 1.27. The third kappa shape index (κ3) is 2.06. The molecule has 1 nitrogen and oxygen atoms in total. The van der Waals surface area contributed by atoms with E-state index in [2.05, 4.69) is 0 Å². The summed E-state index contributed by atoms with van der Waals surface area (Å²) in [7, 11) is 0. The van der Waals surface area contributed by atoms with Crippen LogP contribution in [-0.2, 0) is 0 Å². The van der Waals surface area contributed by atoms with Gasteiger partial charge in [-0.2, -0.15) is 0 Å². The van der Waals surface area contributed by atoms with Crippen LogP contribution in [0.4, 0.5) is 8.78 Å². The molecule has 2 N–H and O–H groups in total. The molecule has 2 atom stereocenters. The Labute approximate surface area is 59.0 Å². The quantitative estimate of drug-likeness (QED) is 0.642. The van der Waals surface area contributed by atoms with E-state index >= 15 is 0 Å². The smallest absolute Gasteiger partial charge is 0.241 e. The van der Waals surface area contributed by atoms with Crippen LogP contribution in [0.2, 0.25) is 0 Å². The highest BCUT2D eigenvalue weighted by Crippen LogP contribution is 2.41. The van der Waals surface area contributed by atoms with Crippen LogP contribution in [-0.4, -0.2) is 13.0 Å². The van der Waals surface area contributed by atoms with Crippen LogP contribution < -0.4 is 5.73 Å². The third-order valence-electron chi connectivity index (χ3n) is 1.60. The van der Waals surface area contributed by atoms with Crippen LogP contribution >= 0.6 is 12.4 Å². The topological polar surface area (TPSA) is 26.0 Å². The maximum Gasteiger partial charge on any atom is 0.241 e. The van der Waals surface area contributed by atoms with E-state index in [4.69, 9.17) is 5.73 Å². The lowest BCUT2D eigenvalue weighted by Crippen LogP contribution is -2.05. The zero-order chi connectivity index (χ0) is 6.15. The lowest BCUT2D eigenvalue weighted by Gasteiger charge is -1.91. The first kappa shape index (κ1) is 9.11. The summed E-state index contributed by atoms with van der Waals surface area (Å²) in [5.41, 5.74) is 5.13. The molecule has 0 aliphatic heterocycles. The molecule has 0 bridgehead atoms. The SMILES string of the molecule is Cl.NC[C@@H]1C[C@H]1C(F)F. The van der Waals surface area contributed by atoms with Crippen molar-refractivity contribution in [3.63, 3.8) is 0 Å². The molecule has 1 aliphatic rings. The molecular formula is C5H10ClF2N. The maximum atomic E-state index is 11.6. The predicted molar refractivity (Wildman–Crippen MR) is 33.9 cm³/mol. The minimum atomic E-state index is -2.14. The van der Waals surface area contributed by atoms with Crippen molar-refractivity contribution in [1.82, 2.24) is 0 Å². The van der Waals surface area contributed by atoms with Crippen molar-refractivity contribution in [1.29, 1.82) is 0 Å². The molecular weight excluding hydrogens is 148 g/mol. The van der Waals surface area contributed by atoms with Gasteiger partial charge in [-0.15, -0.1) is 12.4 Å². The number of alkyl halides is 2. The molecule has 0 aromatic carbocycles. The minimum absolute atomic E-state index is 0. The lowest BCUT2D eigenvalue weighted by atomic mass is 10.3. The summed E-state index contributed by atoms with van der Waals surface area (Å²) in [6.45, 7) is 0.426. The molecule has 0 amide bonds. The van der Waals surface area contributed by atoms with Crippen molar-refractivity contribution in [2.75, 3.05) is 6.54 Å². The summed E-state index contributed by atoms with van der Waals surface area (Å²) >= 11 is 0. The van der Waals surface area contributed by atoms with Gasteiger partial charge in [0.2, 0.25) is 6.43 Å². The molecule has 0 heterocycles. The molecule has 0 aromatic heterocycles. The number of hydrogen-bond donors (Lipinski definition) is 1. The van der Waals surface area contributed by atoms with Gasteiger partial charge in [0, 0.05) is 5.92 Å². The largest absolute Gasteiger partial charge is 0.330 e. The molecule has 1 rings (SSSR count). The van der Waals surface area contributed by atoms with Crippen LogP contribution in [0.3, 0.4) is 0 Å². The zero-order valence-corrected chi connectivity index (χ0v) is 5.70. The van der Waals surface area contributed by atoms with E-state index in [1.54, 1.807) is 0 Å². The Morgan fingerprint density at radius 1 is 1.56 bits per heavy atom. The number of rotatable bonds is 2. The Hall–Kier alpha value is 0.110. The Morgan fingerprint density at radius 3 is 2.22 bits per heavy atom. The van der Waals surface area contributed by atoms with Crippen LogP contribution in [0.5, 0.6) is 0 Å². The summed E-state index contributed by atoms with van der Waals surface area (Å²) in [4.78, 5) is 0. The molecule has 9 heavy (non-hydrogen) atoms.